The molecule has 3 heteroatoms. The number of benzene rings is 1. The standard InChI is InChI=1S/C14H20N2O/c1-10-7-12(8-10)16-14(17)13(9-15)11-5-3-2-4-6-11/h2-6,10,12-13H,7-9,15H2,1H3,(H,16,17). The van der Waals surface area contributed by atoms with Crippen molar-refractivity contribution in [3.8, 4) is 0 Å². The van der Waals surface area contributed by atoms with Crippen molar-refractivity contribution < 1.29 is 4.79 Å². The molecule has 1 aromatic carbocycles. The number of nitrogens with two attached hydrogens (primary N) is 1. The number of amides is 1. The number of carbonyl (C=O) groups excluding carboxylic acids is 1. The molecule has 0 radical (unpaired) electrons. The van der Waals surface area contributed by atoms with Gasteiger partial charge in [0.15, 0.2) is 0 Å². The second-order valence-electron chi connectivity index (χ2n) is 4.98. The van der Waals surface area contributed by atoms with Gasteiger partial charge >= 0.3 is 0 Å². The van der Waals surface area contributed by atoms with Crippen LogP contribution in [0.15, 0.2) is 30.3 Å². The first-order valence-electron chi connectivity index (χ1n) is 6.26. The first-order valence-corrected chi connectivity index (χ1v) is 6.26. The fourth-order valence-electron chi connectivity index (χ4n) is 2.40. The average Bonchev–Trinajstić information content (AvgIpc) is 2.29. The molecule has 1 aliphatic rings. The Morgan fingerprint density at radius 2 is 2.06 bits per heavy atom. The molecule has 0 bridgehead atoms. The van der Waals surface area contributed by atoms with Crippen LogP contribution in [0.3, 0.4) is 0 Å². The Hall–Kier alpha value is -1.35. The molecule has 3 N–H and O–H groups in total. The van der Waals surface area contributed by atoms with Crippen molar-refractivity contribution >= 4 is 5.91 Å². The summed E-state index contributed by atoms with van der Waals surface area (Å²) in [5, 5.41) is 3.08. The molecular weight excluding hydrogens is 212 g/mol. The number of nitrogens with one attached hydrogen (secondary N) is 1. The van der Waals surface area contributed by atoms with E-state index in [-0.39, 0.29) is 11.8 Å². The molecule has 1 aromatic rings. The van der Waals surface area contributed by atoms with Gasteiger partial charge in [0.2, 0.25) is 5.91 Å². The summed E-state index contributed by atoms with van der Waals surface area (Å²) in [6.45, 7) is 2.57. The smallest absolute Gasteiger partial charge is 0.229 e. The molecular formula is C14H20N2O. The molecule has 0 aromatic heterocycles. The van der Waals surface area contributed by atoms with Crippen molar-refractivity contribution in [1.82, 2.24) is 5.32 Å². The highest BCUT2D eigenvalue weighted by molar-refractivity contribution is 5.84. The molecule has 0 spiro atoms. The predicted molar refractivity (Wildman–Crippen MR) is 68.6 cm³/mol. The molecule has 0 aliphatic heterocycles. The minimum absolute atomic E-state index is 0.0654. The first-order chi connectivity index (χ1) is 8.20. The van der Waals surface area contributed by atoms with Gasteiger partial charge < -0.3 is 11.1 Å². The lowest BCUT2D eigenvalue weighted by atomic mass is 9.81. The molecule has 0 saturated heterocycles. The minimum Gasteiger partial charge on any atom is -0.353 e. The Kier molecular flexibility index (Phi) is 3.79. The molecule has 1 fully saturated rings. The van der Waals surface area contributed by atoms with Crippen LogP contribution in [0.1, 0.15) is 31.2 Å². The Morgan fingerprint density at radius 3 is 2.59 bits per heavy atom. The van der Waals surface area contributed by atoms with Gasteiger partial charge in [0.25, 0.3) is 0 Å². The van der Waals surface area contributed by atoms with Crippen molar-refractivity contribution in [3.05, 3.63) is 35.9 Å². The van der Waals surface area contributed by atoms with E-state index in [1.807, 2.05) is 30.3 Å². The third-order valence-electron chi connectivity index (χ3n) is 3.47. The van der Waals surface area contributed by atoms with Crippen LogP contribution in [0.25, 0.3) is 0 Å². The normalized spacial score (nSPS) is 24.8. The molecule has 1 aliphatic carbocycles. The maximum atomic E-state index is 12.1. The lowest BCUT2D eigenvalue weighted by molar-refractivity contribution is -0.123. The summed E-state index contributed by atoms with van der Waals surface area (Å²) in [5.41, 5.74) is 6.71. The molecule has 2 rings (SSSR count). The Balaban J connectivity index is 1.96. The minimum atomic E-state index is -0.216. The van der Waals surface area contributed by atoms with Crippen LogP contribution in [-0.4, -0.2) is 18.5 Å². The van der Waals surface area contributed by atoms with Gasteiger partial charge in [0.05, 0.1) is 5.92 Å². The lowest BCUT2D eigenvalue weighted by Crippen LogP contribution is -2.46. The van der Waals surface area contributed by atoms with Crippen molar-refractivity contribution in [2.24, 2.45) is 11.7 Å². The van der Waals surface area contributed by atoms with E-state index in [0.717, 1.165) is 24.3 Å². The fraction of sp³-hybridized carbons (Fsp3) is 0.500. The average molecular weight is 232 g/mol. The second kappa shape index (κ2) is 5.32. The summed E-state index contributed by atoms with van der Waals surface area (Å²) in [4.78, 5) is 12.1. The number of hydrogen-bond acceptors (Lipinski definition) is 2. The van der Waals surface area contributed by atoms with Gasteiger partial charge in [-0.15, -0.1) is 0 Å². The van der Waals surface area contributed by atoms with Gasteiger partial charge in [-0.1, -0.05) is 37.3 Å². The van der Waals surface area contributed by atoms with E-state index in [4.69, 9.17) is 5.73 Å². The molecule has 3 nitrogen and oxygen atoms in total. The molecule has 1 unspecified atom stereocenters. The van der Waals surface area contributed by atoms with Crippen LogP contribution >= 0.6 is 0 Å². The molecule has 1 saturated carbocycles. The van der Waals surface area contributed by atoms with Gasteiger partial charge in [-0.25, -0.2) is 0 Å². The summed E-state index contributed by atoms with van der Waals surface area (Å²) < 4.78 is 0. The summed E-state index contributed by atoms with van der Waals surface area (Å²) in [6.07, 6.45) is 2.19. The van der Waals surface area contributed by atoms with Gasteiger partial charge in [0, 0.05) is 12.6 Å². The van der Waals surface area contributed by atoms with E-state index < -0.39 is 0 Å². The third kappa shape index (κ3) is 2.86. The van der Waals surface area contributed by atoms with Gasteiger partial charge in [-0.2, -0.15) is 0 Å². The van der Waals surface area contributed by atoms with Gasteiger partial charge in [-0.3, -0.25) is 4.79 Å². The highest BCUT2D eigenvalue weighted by atomic mass is 16.2. The van der Waals surface area contributed by atoms with Crippen LogP contribution < -0.4 is 11.1 Å². The van der Waals surface area contributed by atoms with E-state index in [9.17, 15) is 4.79 Å². The van der Waals surface area contributed by atoms with Crippen LogP contribution in [0.4, 0.5) is 0 Å². The Morgan fingerprint density at radius 1 is 1.41 bits per heavy atom. The van der Waals surface area contributed by atoms with E-state index >= 15 is 0 Å². The van der Waals surface area contributed by atoms with Gasteiger partial charge in [-0.05, 0) is 24.3 Å². The lowest BCUT2D eigenvalue weighted by Gasteiger charge is -2.34. The monoisotopic (exact) mass is 232 g/mol. The fourth-order valence-corrected chi connectivity index (χ4v) is 2.40. The number of rotatable bonds is 4. The van der Waals surface area contributed by atoms with Crippen LogP contribution in [0, 0.1) is 5.92 Å². The largest absolute Gasteiger partial charge is 0.353 e. The van der Waals surface area contributed by atoms with E-state index in [0.29, 0.717) is 12.6 Å². The Labute approximate surface area is 102 Å². The maximum Gasteiger partial charge on any atom is 0.229 e. The van der Waals surface area contributed by atoms with Crippen molar-refractivity contribution in [1.29, 1.82) is 0 Å². The van der Waals surface area contributed by atoms with Crippen molar-refractivity contribution in [2.75, 3.05) is 6.54 Å². The van der Waals surface area contributed by atoms with Crippen molar-refractivity contribution in [3.63, 3.8) is 0 Å². The molecule has 1 amide bonds. The number of carbonyl (C=O) groups is 1. The highest BCUT2D eigenvalue weighted by Gasteiger charge is 2.29. The molecule has 92 valence electrons. The zero-order chi connectivity index (χ0) is 12.3. The van der Waals surface area contributed by atoms with E-state index in [1.54, 1.807) is 0 Å². The van der Waals surface area contributed by atoms with Crippen LogP contribution in [0.2, 0.25) is 0 Å². The number of hydrogen-bond donors (Lipinski definition) is 2. The molecule has 17 heavy (non-hydrogen) atoms. The molecule has 0 heterocycles. The van der Waals surface area contributed by atoms with Gasteiger partial charge in [0.1, 0.15) is 0 Å². The summed E-state index contributed by atoms with van der Waals surface area (Å²) >= 11 is 0. The summed E-state index contributed by atoms with van der Waals surface area (Å²) in [5.74, 6) is 0.594. The zero-order valence-electron chi connectivity index (χ0n) is 10.2. The molecule has 1 atom stereocenters. The predicted octanol–water partition coefficient (Wildman–Crippen LogP) is 1.64. The topological polar surface area (TPSA) is 55.1 Å². The van der Waals surface area contributed by atoms with Crippen LogP contribution in [-0.2, 0) is 4.79 Å². The zero-order valence-corrected chi connectivity index (χ0v) is 10.2. The maximum absolute atomic E-state index is 12.1. The highest BCUT2D eigenvalue weighted by Crippen LogP contribution is 2.27. The third-order valence-corrected chi connectivity index (χ3v) is 3.47. The Bertz CT molecular complexity index is 371. The quantitative estimate of drug-likeness (QED) is 0.829. The van der Waals surface area contributed by atoms with E-state index in [1.165, 1.54) is 0 Å². The second-order valence-corrected chi connectivity index (χ2v) is 4.98. The van der Waals surface area contributed by atoms with Crippen LogP contribution in [0.5, 0.6) is 0 Å². The van der Waals surface area contributed by atoms with E-state index in [2.05, 4.69) is 12.2 Å². The first kappa shape index (κ1) is 12.1. The summed E-state index contributed by atoms with van der Waals surface area (Å²) in [6, 6.07) is 10.1. The summed E-state index contributed by atoms with van der Waals surface area (Å²) in [7, 11) is 0. The SMILES string of the molecule is CC1CC(NC(=O)C(CN)c2ccccc2)C1. The van der Waals surface area contributed by atoms with Crippen molar-refractivity contribution in [2.45, 2.75) is 31.7 Å².